The summed E-state index contributed by atoms with van der Waals surface area (Å²) in [7, 11) is -3.41. The number of nitrogens with one attached hydrogen (secondary N) is 1. The van der Waals surface area contributed by atoms with Gasteiger partial charge >= 0.3 is 5.97 Å². The summed E-state index contributed by atoms with van der Waals surface area (Å²) in [6, 6.07) is 7.35. The maximum absolute atomic E-state index is 11.7. The predicted molar refractivity (Wildman–Crippen MR) is 124 cm³/mol. The minimum atomic E-state index is -3.41. The molecular formula is C23H32N4O4S. The molecule has 0 radical (unpaired) electrons. The first kappa shape index (κ1) is 24.1. The maximum Gasteiger partial charge on any atom is 0.338 e. The smallest absolute Gasteiger partial charge is 0.338 e. The lowest BCUT2D eigenvalue weighted by molar-refractivity contribution is 0.0695. The average molecular weight is 461 g/mol. The topological polar surface area (TPSA) is 112 Å². The number of nitrogens with zero attached hydrogens (tertiary/aromatic N) is 3. The van der Waals surface area contributed by atoms with Gasteiger partial charge in [0.2, 0.25) is 10.0 Å². The fourth-order valence-corrected chi connectivity index (χ4v) is 5.12. The molecule has 0 saturated carbocycles. The second-order valence-corrected chi connectivity index (χ2v) is 10.6. The predicted octanol–water partition coefficient (Wildman–Crippen LogP) is 3.36. The number of hydrogen-bond donors (Lipinski definition) is 2. The van der Waals surface area contributed by atoms with Crippen molar-refractivity contribution in [1.82, 2.24) is 14.9 Å². The second kappa shape index (κ2) is 9.95. The fraction of sp³-hybridized carbons (Fsp3) is 0.522. The van der Waals surface area contributed by atoms with Crippen LogP contribution in [0.4, 0.5) is 5.69 Å². The molecule has 0 bridgehead atoms. The summed E-state index contributed by atoms with van der Waals surface area (Å²) < 4.78 is 26.0. The van der Waals surface area contributed by atoms with Crippen LogP contribution in [0.3, 0.4) is 0 Å². The van der Waals surface area contributed by atoms with Crippen molar-refractivity contribution in [3.8, 4) is 0 Å². The van der Waals surface area contributed by atoms with E-state index in [1.165, 1.54) is 25.2 Å². The lowest BCUT2D eigenvalue weighted by Gasteiger charge is -2.42. The number of sulfonamides is 1. The molecule has 1 atom stereocenters. The number of likely N-dealkylation sites (tertiary alicyclic amines) is 1. The Kier molecular flexibility index (Phi) is 7.51. The van der Waals surface area contributed by atoms with Crippen molar-refractivity contribution in [2.24, 2.45) is 5.92 Å². The molecule has 0 aliphatic carbocycles. The fourth-order valence-electron chi connectivity index (χ4n) is 4.56. The highest BCUT2D eigenvalue weighted by atomic mass is 32.2. The van der Waals surface area contributed by atoms with Gasteiger partial charge in [0.1, 0.15) is 5.82 Å². The van der Waals surface area contributed by atoms with Crippen LogP contribution in [0.25, 0.3) is 0 Å². The molecular weight excluding hydrogens is 428 g/mol. The summed E-state index contributed by atoms with van der Waals surface area (Å²) in [5.41, 5.74) is 0.944. The van der Waals surface area contributed by atoms with Crippen LogP contribution < -0.4 is 4.72 Å². The summed E-state index contributed by atoms with van der Waals surface area (Å²) in [5.74, 6) is 0.130. The van der Waals surface area contributed by atoms with E-state index in [1.807, 2.05) is 18.2 Å². The minimum absolute atomic E-state index is 0.0437. The van der Waals surface area contributed by atoms with Crippen LogP contribution in [-0.4, -0.2) is 60.3 Å². The van der Waals surface area contributed by atoms with Gasteiger partial charge in [-0.15, -0.1) is 0 Å². The van der Waals surface area contributed by atoms with E-state index in [-0.39, 0.29) is 5.56 Å². The summed E-state index contributed by atoms with van der Waals surface area (Å²) in [5, 5.41) is 9.22. The highest BCUT2D eigenvalue weighted by Gasteiger charge is 2.40. The molecule has 1 aliphatic heterocycles. The molecule has 2 heterocycles. The Hall–Kier alpha value is -2.52. The lowest BCUT2D eigenvalue weighted by atomic mass is 9.71. The third kappa shape index (κ3) is 5.83. The molecule has 2 aromatic rings. The molecule has 0 spiro atoms. The molecule has 32 heavy (non-hydrogen) atoms. The Morgan fingerprint density at radius 1 is 1.25 bits per heavy atom. The number of benzene rings is 1. The van der Waals surface area contributed by atoms with Crippen LogP contribution >= 0.6 is 0 Å². The van der Waals surface area contributed by atoms with Crippen molar-refractivity contribution in [1.29, 1.82) is 0 Å². The molecule has 174 valence electrons. The Labute approximate surface area is 190 Å². The SMILES string of the molecule is CCCC(C)CN1CCC(c2cccc(NS(C)(=O)=O)c2)(c2ncc(C(=O)O)cn2)CC1. The number of carboxylic acid groups (broad SMARTS) is 1. The molecule has 1 fully saturated rings. The van der Waals surface area contributed by atoms with Gasteiger partial charge in [-0.1, -0.05) is 32.4 Å². The number of anilines is 1. The van der Waals surface area contributed by atoms with E-state index in [9.17, 15) is 18.3 Å². The van der Waals surface area contributed by atoms with E-state index in [2.05, 4.69) is 33.4 Å². The zero-order valence-electron chi connectivity index (χ0n) is 18.9. The third-order valence-corrected chi connectivity index (χ3v) is 6.71. The largest absolute Gasteiger partial charge is 0.478 e. The Bertz CT molecular complexity index is 1030. The number of carboxylic acids is 1. The van der Waals surface area contributed by atoms with Crippen LogP contribution in [0.15, 0.2) is 36.7 Å². The van der Waals surface area contributed by atoms with E-state index in [0.29, 0.717) is 17.4 Å². The number of aromatic nitrogens is 2. The molecule has 1 aromatic carbocycles. The second-order valence-electron chi connectivity index (χ2n) is 8.83. The standard InChI is InChI=1S/C23H32N4O4S/c1-4-6-17(2)16-27-11-9-23(10-12-27,22-24-14-18(15-25-22)21(28)29)19-7-5-8-20(13-19)26-32(3,30)31/h5,7-8,13-15,17,26H,4,6,9-12,16H2,1-3H3,(H,28,29). The summed E-state index contributed by atoms with van der Waals surface area (Å²) in [4.78, 5) is 22.6. The number of rotatable bonds is 9. The highest BCUT2D eigenvalue weighted by Crippen LogP contribution is 2.41. The molecule has 1 saturated heterocycles. The van der Waals surface area contributed by atoms with Crippen molar-refractivity contribution in [2.75, 3.05) is 30.6 Å². The maximum atomic E-state index is 11.7. The number of hydrogen-bond acceptors (Lipinski definition) is 6. The minimum Gasteiger partial charge on any atom is -0.478 e. The Morgan fingerprint density at radius 3 is 2.47 bits per heavy atom. The van der Waals surface area contributed by atoms with Crippen LogP contribution in [0.2, 0.25) is 0 Å². The van der Waals surface area contributed by atoms with Gasteiger partial charge in [0.25, 0.3) is 0 Å². The molecule has 1 aliphatic rings. The lowest BCUT2D eigenvalue weighted by Crippen LogP contribution is -2.45. The average Bonchev–Trinajstić information content (AvgIpc) is 2.74. The summed E-state index contributed by atoms with van der Waals surface area (Å²) in [6.07, 6.45) is 7.71. The van der Waals surface area contributed by atoms with E-state index in [0.717, 1.165) is 44.3 Å². The molecule has 8 nitrogen and oxygen atoms in total. The first-order valence-electron chi connectivity index (χ1n) is 11.0. The monoisotopic (exact) mass is 460 g/mol. The van der Waals surface area contributed by atoms with Crippen molar-refractivity contribution in [3.63, 3.8) is 0 Å². The normalized spacial score (nSPS) is 17.6. The number of aromatic carboxylic acids is 1. The molecule has 1 unspecified atom stereocenters. The van der Waals surface area contributed by atoms with Gasteiger partial charge in [0.15, 0.2) is 0 Å². The van der Waals surface area contributed by atoms with Crippen molar-refractivity contribution < 1.29 is 18.3 Å². The van der Waals surface area contributed by atoms with Crippen LogP contribution in [0, 0.1) is 5.92 Å². The molecule has 3 rings (SSSR count). The van der Waals surface area contributed by atoms with Gasteiger partial charge in [0, 0.05) is 24.6 Å². The molecule has 0 amide bonds. The first-order valence-corrected chi connectivity index (χ1v) is 12.9. The molecule has 2 N–H and O–H groups in total. The van der Waals surface area contributed by atoms with Crippen LogP contribution in [0.5, 0.6) is 0 Å². The third-order valence-electron chi connectivity index (χ3n) is 6.11. The van der Waals surface area contributed by atoms with E-state index in [4.69, 9.17) is 0 Å². The van der Waals surface area contributed by atoms with Gasteiger partial charge in [-0.05, 0) is 56.0 Å². The van der Waals surface area contributed by atoms with Gasteiger partial charge in [-0.3, -0.25) is 4.72 Å². The highest BCUT2D eigenvalue weighted by molar-refractivity contribution is 7.92. The quantitative estimate of drug-likeness (QED) is 0.590. The summed E-state index contributed by atoms with van der Waals surface area (Å²) >= 11 is 0. The van der Waals surface area contributed by atoms with E-state index in [1.54, 1.807) is 6.07 Å². The van der Waals surface area contributed by atoms with Gasteiger partial charge in [0.05, 0.1) is 17.2 Å². The summed E-state index contributed by atoms with van der Waals surface area (Å²) in [6.45, 7) is 7.24. The number of carbonyl (C=O) groups is 1. The molecule has 9 heteroatoms. The van der Waals surface area contributed by atoms with Crippen LogP contribution in [0.1, 0.15) is 61.3 Å². The van der Waals surface area contributed by atoms with E-state index >= 15 is 0 Å². The first-order chi connectivity index (χ1) is 15.1. The van der Waals surface area contributed by atoms with Crippen molar-refractivity contribution >= 4 is 21.7 Å². The zero-order valence-corrected chi connectivity index (χ0v) is 19.7. The number of piperidine rings is 1. The van der Waals surface area contributed by atoms with Gasteiger partial charge in [-0.25, -0.2) is 23.2 Å². The van der Waals surface area contributed by atoms with Gasteiger partial charge in [-0.2, -0.15) is 0 Å². The van der Waals surface area contributed by atoms with Crippen LogP contribution in [-0.2, 0) is 15.4 Å². The van der Waals surface area contributed by atoms with Gasteiger partial charge < -0.3 is 10.0 Å². The van der Waals surface area contributed by atoms with Crippen molar-refractivity contribution in [2.45, 2.75) is 44.9 Å². The zero-order chi connectivity index (χ0) is 23.4. The Balaban J connectivity index is 1.95. The van der Waals surface area contributed by atoms with E-state index < -0.39 is 21.4 Å². The Morgan fingerprint density at radius 2 is 1.91 bits per heavy atom. The molecule has 1 aromatic heterocycles. The van der Waals surface area contributed by atoms with Crippen molar-refractivity contribution in [3.05, 3.63) is 53.6 Å².